The molecule has 33 heavy (non-hydrogen) atoms. The fourth-order valence-corrected chi connectivity index (χ4v) is 4.02. The van der Waals surface area contributed by atoms with E-state index in [2.05, 4.69) is 44.4 Å². The molecule has 0 amide bonds. The monoisotopic (exact) mass is 432 g/mol. The van der Waals surface area contributed by atoms with E-state index in [1.165, 1.54) is 0 Å². The molecule has 0 aliphatic carbocycles. The van der Waals surface area contributed by atoms with Crippen LogP contribution in [0, 0.1) is 11.3 Å². The van der Waals surface area contributed by atoms with Crippen molar-refractivity contribution in [1.82, 2.24) is 20.2 Å². The number of aromatic amines is 1. The third-order valence-electron chi connectivity index (χ3n) is 6.09. The molecule has 0 radical (unpaired) electrons. The van der Waals surface area contributed by atoms with Crippen molar-refractivity contribution in [2.24, 2.45) is 0 Å². The standard InChI is InChI=1S/C27H24N6/c1-27(2,16-28)20-9-5-17(6-10-20)26-25-21-13-18(19-8-12-24(30-14-19)33(3)4)7-11-22(21)29-15-23(25)31-32-26/h5-15H,1-4H3,(H,31,32). The molecule has 0 bridgehead atoms. The summed E-state index contributed by atoms with van der Waals surface area (Å²) >= 11 is 0. The molecule has 6 nitrogen and oxygen atoms in total. The van der Waals surface area contributed by atoms with Gasteiger partial charge in [0.05, 0.1) is 28.7 Å². The van der Waals surface area contributed by atoms with E-state index in [1.54, 1.807) is 0 Å². The first-order chi connectivity index (χ1) is 15.9. The highest BCUT2D eigenvalue weighted by molar-refractivity contribution is 6.11. The minimum Gasteiger partial charge on any atom is -0.363 e. The number of nitrogens with one attached hydrogen (secondary N) is 1. The number of pyridine rings is 2. The highest BCUT2D eigenvalue weighted by Gasteiger charge is 2.20. The molecule has 0 spiro atoms. The van der Waals surface area contributed by atoms with E-state index in [0.29, 0.717) is 0 Å². The van der Waals surface area contributed by atoms with Gasteiger partial charge < -0.3 is 4.90 Å². The van der Waals surface area contributed by atoms with Gasteiger partial charge in [0, 0.05) is 42.2 Å². The number of fused-ring (bicyclic) bond motifs is 3. The molecule has 1 N–H and O–H groups in total. The van der Waals surface area contributed by atoms with Crippen LogP contribution in [0.5, 0.6) is 0 Å². The number of anilines is 1. The van der Waals surface area contributed by atoms with Crippen LogP contribution in [-0.4, -0.2) is 34.3 Å². The third-order valence-corrected chi connectivity index (χ3v) is 6.09. The molecule has 0 aliphatic heterocycles. The summed E-state index contributed by atoms with van der Waals surface area (Å²) in [4.78, 5) is 11.2. The van der Waals surface area contributed by atoms with Gasteiger partial charge in [-0.3, -0.25) is 10.1 Å². The third kappa shape index (κ3) is 3.58. The summed E-state index contributed by atoms with van der Waals surface area (Å²) in [5.41, 5.74) is 6.24. The Morgan fingerprint density at radius 3 is 2.27 bits per heavy atom. The molecule has 3 heterocycles. The molecule has 2 aromatic carbocycles. The van der Waals surface area contributed by atoms with Crippen molar-refractivity contribution in [3.8, 4) is 28.5 Å². The van der Waals surface area contributed by atoms with E-state index in [0.717, 1.165) is 55.6 Å². The second-order valence-corrected chi connectivity index (χ2v) is 8.96. The zero-order valence-corrected chi connectivity index (χ0v) is 19.1. The summed E-state index contributed by atoms with van der Waals surface area (Å²) in [5, 5.41) is 19.3. The van der Waals surface area contributed by atoms with E-state index in [-0.39, 0.29) is 0 Å². The molecule has 0 atom stereocenters. The van der Waals surface area contributed by atoms with E-state index in [9.17, 15) is 5.26 Å². The van der Waals surface area contributed by atoms with Gasteiger partial charge in [0.15, 0.2) is 0 Å². The van der Waals surface area contributed by atoms with Gasteiger partial charge in [-0.15, -0.1) is 0 Å². The van der Waals surface area contributed by atoms with Gasteiger partial charge in [0.1, 0.15) is 11.5 Å². The fraction of sp³-hybridized carbons (Fsp3) is 0.185. The highest BCUT2D eigenvalue weighted by atomic mass is 15.1. The fourth-order valence-electron chi connectivity index (χ4n) is 4.02. The zero-order chi connectivity index (χ0) is 23.2. The Morgan fingerprint density at radius 1 is 0.879 bits per heavy atom. The van der Waals surface area contributed by atoms with Gasteiger partial charge in [0.25, 0.3) is 0 Å². The lowest BCUT2D eigenvalue weighted by Crippen LogP contribution is -2.13. The Bertz CT molecular complexity index is 1500. The summed E-state index contributed by atoms with van der Waals surface area (Å²) in [7, 11) is 3.96. The van der Waals surface area contributed by atoms with Crippen LogP contribution in [0.3, 0.4) is 0 Å². The Balaban J connectivity index is 1.64. The summed E-state index contributed by atoms with van der Waals surface area (Å²) in [6.07, 6.45) is 3.73. The maximum Gasteiger partial charge on any atom is 0.127 e. The number of nitrogens with zero attached hydrogens (tertiary/aromatic N) is 5. The normalized spacial score (nSPS) is 11.6. The van der Waals surface area contributed by atoms with E-state index < -0.39 is 5.41 Å². The number of aromatic nitrogens is 4. The molecular weight excluding hydrogens is 408 g/mol. The molecule has 0 aliphatic rings. The van der Waals surface area contributed by atoms with Crippen LogP contribution < -0.4 is 4.90 Å². The van der Waals surface area contributed by atoms with E-state index in [4.69, 9.17) is 0 Å². The van der Waals surface area contributed by atoms with Crippen molar-refractivity contribution >= 4 is 27.6 Å². The van der Waals surface area contributed by atoms with Crippen LogP contribution in [0.15, 0.2) is 67.0 Å². The maximum absolute atomic E-state index is 9.44. The van der Waals surface area contributed by atoms with Crippen LogP contribution in [0.1, 0.15) is 19.4 Å². The smallest absolute Gasteiger partial charge is 0.127 e. The number of nitriles is 1. The molecule has 0 saturated carbocycles. The largest absolute Gasteiger partial charge is 0.363 e. The van der Waals surface area contributed by atoms with Crippen LogP contribution >= 0.6 is 0 Å². The molecule has 162 valence electrons. The average molecular weight is 433 g/mol. The van der Waals surface area contributed by atoms with Crippen LogP contribution in [-0.2, 0) is 5.41 Å². The van der Waals surface area contributed by atoms with E-state index in [1.807, 2.05) is 81.6 Å². The summed E-state index contributed by atoms with van der Waals surface area (Å²) in [6, 6.07) is 20.8. The van der Waals surface area contributed by atoms with Gasteiger partial charge in [-0.1, -0.05) is 30.3 Å². The lowest BCUT2D eigenvalue weighted by atomic mass is 9.86. The first-order valence-corrected chi connectivity index (χ1v) is 10.8. The lowest BCUT2D eigenvalue weighted by molar-refractivity contribution is 0.687. The molecule has 0 fully saturated rings. The summed E-state index contributed by atoms with van der Waals surface area (Å²) < 4.78 is 0. The maximum atomic E-state index is 9.44. The molecule has 0 saturated heterocycles. The van der Waals surface area contributed by atoms with Crippen molar-refractivity contribution in [2.75, 3.05) is 19.0 Å². The first kappa shape index (κ1) is 20.7. The lowest BCUT2D eigenvalue weighted by Gasteiger charge is -2.15. The Labute approximate surface area is 192 Å². The van der Waals surface area contributed by atoms with Gasteiger partial charge in [-0.25, -0.2) is 4.98 Å². The van der Waals surface area contributed by atoms with Gasteiger partial charge >= 0.3 is 0 Å². The Hall–Kier alpha value is -4.24. The van der Waals surface area contributed by atoms with Crippen molar-refractivity contribution in [3.05, 3.63) is 72.6 Å². The van der Waals surface area contributed by atoms with Crippen LogP contribution in [0.25, 0.3) is 44.2 Å². The SMILES string of the molecule is CN(C)c1ccc(-c2ccc3ncc4[nH]nc(-c5ccc(C(C)(C)C#N)cc5)c4c3c2)cn1. The molecule has 3 aromatic heterocycles. The van der Waals surface area contributed by atoms with E-state index >= 15 is 0 Å². The van der Waals surface area contributed by atoms with Gasteiger partial charge in [0.2, 0.25) is 0 Å². The minimum absolute atomic E-state index is 0.534. The minimum atomic E-state index is -0.534. The molecule has 5 rings (SSSR count). The van der Waals surface area contributed by atoms with Gasteiger partial charge in [-0.2, -0.15) is 10.4 Å². The first-order valence-electron chi connectivity index (χ1n) is 10.8. The summed E-state index contributed by atoms with van der Waals surface area (Å²) in [6.45, 7) is 3.85. The number of hydrogen-bond donors (Lipinski definition) is 1. The number of rotatable bonds is 4. The number of benzene rings is 2. The molecule has 0 unspecified atom stereocenters. The Kier molecular flexibility index (Phi) is 4.83. The second kappa shape index (κ2) is 7.72. The predicted octanol–water partition coefficient (Wildman–Crippen LogP) is 5.71. The second-order valence-electron chi connectivity index (χ2n) is 8.96. The predicted molar refractivity (Wildman–Crippen MR) is 133 cm³/mol. The quantitative estimate of drug-likeness (QED) is 0.393. The van der Waals surface area contributed by atoms with Crippen LogP contribution in [0.2, 0.25) is 0 Å². The van der Waals surface area contributed by atoms with Gasteiger partial charge in [-0.05, 0) is 49.2 Å². The molecular formula is C27H24N6. The Morgan fingerprint density at radius 2 is 1.61 bits per heavy atom. The van der Waals surface area contributed by atoms with Crippen LogP contribution in [0.4, 0.5) is 5.82 Å². The number of hydrogen-bond acceptors (Lipinski definition) is 5. The molecule has 6 heteroatoms. The van der Waals surface area contributed by atoms with Crippen molar-refractivity contribution in [2.45, 2.75) is 19.3 Å². The summed E-state index contributed by atoms with van der Waals surface area (Å²) in [5.74, 6) is 0.920. The zero-order valence-electron chi connectivity index (χ0n) is 19.1. The van der Waals surface area contributed by atoms with Crippen molar-refractivity contribution in [3.63, 3.8) is 0 Å². The molecule has 5 aromatic rings. The topological polar surface area (TPSA) is 81.5 Å². The number of H-pyrrole nitrogens is 1. The van der Waals surface area contributed by atoms with Crippen molar-refractivity contribution in [1.29, 1.82) is 5.26 Å². The van der Waals surface area contributed by atoms with Crippen molar-refractivity contribution < 1.29 is 0 Å². The average Bonchev–Trinajstić information content (AvgIpc) is 3.28. The highest BCUT2D eigenvalue weighted by Crippen LogP contribution is 2.35.